The lowest BCUT2D eigenvalue weighted by Crippen LogP contribution is -2.14. The minimum absolute atomic E-state index is 0.0970. The number of benzene rings is 9. The van der Waals surface area contributed by atoms with E-state index >= 15 is 0 Å². The Kier molecular flexibility index (Phi) is 8.20. The zero-order chi connectivity index (χ0) is 39.5. The van der Waals surface area contributed by atoms with Gasteiger partial charge < -0.3 is 9.88 Å². The highest BCUT2D eigenvalue weighted by atomic mass is 15.0. The van der Waals surface area contributed by atoms with Gasteiger partial charge in [0.2, 0.25) is 0 Å². The van der Waals surface area contributed by atoms with Crippen LogP contribution in [-0.2, 0) is 5.41 Å². The van der Waals surface area contributed by atoms with Gasteiger partial charge >= 0.3 is 0 Å². The van der Waals surface area contributed by atoms with Gasteiger partial charge in [0.05, 0.1) is 11.0 Å². The highest BCUT2D eigenvalue weighted by Gasteiger charge is 2.36. The van der Waals surface area contributed by atoms with Gasteiger partial charge in [0, 0.05) is 38.8 Å². The second-order valence-electron chi connectivity index (χ2n) is 16.2. The lowest BCUT2D eigenvalue weighted by Gasteiger charge is -2.22. The van der Waals surface area contributed by atoms with E-state index in [-0.39, 0.29) is 5.41 Å². The van der Waals surface area contributed by atoms with Crippen LogP contribution in [-0.4, -0.2) is 4.57 Å². The highest BCUT2D eigenvalue weighted by molar-refractivity contribution is 6.11. The first kappa shape index (κ1) is 34.8. The molecule has 59 heavy (non-hydrogen) atoms. The van der Waals surface area contributed by atoms with Crippen molar-refractivity contribution in [3.05, 3.63) is 223 Å². The number of anilines is 2. The molecule has 9 aromatic carbocycles. The van der Waals surface area contributed by atoms with Crippen LogP contribution in [0.25, 0.3) is 83.1 Å². The Morgan fingerprint density at radius 3 is 1.75 bits per heavy atom. The Morgan fingerprint density at radius 1 is 0.373 bits per heavy atom. The standard InChI is InChI=1S/C57H42N2/c1-57(2)51-24-11-9-22-48(51)56-47(23-14-25-52(56)57)49-36-42(29-33-53(49)58-44-31-27-40(28-32-44)38-15-5-3-6-16-38)43-30-34-55-50(37-43)46-21-10-12-26-54(46)59(55)45-20-13-19-41(35-45)39-17-7-4-8-18-39/h3-37,58H,1-2H3. The van der Waals surface area contributed by atoms with Gasteiger partial charge in [0.25, 0.3) is 0 Å². The van der Waals surface area contributed by atoms with E-state index in [0.29, 0.717) is 0 Å². The van der Waals surface area contributed by atoms with E-state index in [0.717, 1.165) is 17.1 Å². The summed E-state index contributed by atoms with van der Waals surface area (Å²) in [4.78, 5) is 0. The molecule has 0 bridgehead atoms. The van der Waals surface area contributed by atoms with Gasteiger partial charge in [0.1, 0.15) is 0 Å². The molecule has 11 rings (SSSR count). The normalized spacial score (nSPS) is 12.7. The van der Waals surface area contributed by atoms with Crippen LogP contribution in [0.5, 0.6) is 0 Å². The Bertz CT molecular complexity index is 3190. The Hall–Kier alpha value is -7.42. The van der Waals surface area contributed by atoms with Gasteiger partial charge in [-0.3, -0.25) is 0 Å². The van der Waals surface area contributed by atoms with Gasteiger partial charge in [0.15, 0.2) is 0 Å². The van der Waals surface area contributed by atoms with E-state index in [2.05, 4.69) is 236 Å². The average Bonchev–Trinajstić information content (AvgIpc) is 3.75. The highest BCUT2D eigenvalue weighted by Crippen LogP contribution is 2.53. The van der Waals surface area contributed by atoms with Gasteiger partial charge in [-0.25, -0.2) is 0 Å². The zero-order valence-corrected chi connectivity index (χ0v) is 33.2. The summed E-state index contributed by atoms with van der Waals surface area (Å²) in [6.07, 6.45) is 0. The second kappa shape index (κ2) is 13.9. The molecule has 0 unspecified atom stereocenters. The van der Waals surface area contributed by atoms with Crippen LogP contribution in [0.15, 0.2) is 212 Å². The van der Waals surface area contributed by atoms with Gasteiger partial charge in [-0.15, -0.1) is 0 Å². The lowest BCUT2D eigenvalue weighted by atomic mass is 9.82. The van der Waals surface area contributed by atoms with Crippen molar-refractivity contribution < 1.29 is 0 Å². The molecule has 2 nitrogen and oxygen atoms in total. The summed E-state index contributed by atoms with van der Waals surface area (Å²) >= 11 is 0. The molecule has 280 valence electrons. The summed E-state index contributed by atoms with van der Waals surface area (Å²) in [5.41, 5.74) is 20.6. The maximum atomic E-state index is 3.85. The maximum Gasteiger partial charge on any atom is 0.0541 e. The fraction of sp³-hybridized carbons (Fsp3) is 0.0526. The van der Waals surface area contributed by atoms with E-state index < -0.39 is 0 Å². The second-order valence-corrected chi connectivity index (χ2v) is 16.2. The SMILES string of the molecule is CC1(C)c2ccccc2-c2c(-c3cc(-c4ccc5c(c4)c4ccccc4n5-c4cccc(-c5ccccc5)c4)ccc3Nc3ccc(-c4ccccc4)cc3)cccc21. The molecule has 0 fully saturated rings. The number of hydrogen-bond donors (Lipinski definition) is 1. The fourth-order valence-corrected chi connectivity index (χ4v) is 9.45. The number of nitrogens with one attached hydrogen (secondary N) is 1. The first-order chi connectivity index (χ1) is 29.0. The summed E-state index contributed by atoms with van der Waals surface area (Å²) in [6.45, 7) is 4.71. The van der Waals surface area contributed by atoms with Crippen molar-refractivity contribution in [3.8, 4) is 61.3 Å². The van der Waals surface area contributed by atoms with Gasteiger partial charge in [-0.05, 0) is 116 Å². The monoisotopic (exact) mass is 754 g/mol. The molecule has 1 aromatic heterocycles. The van der Waals surface area contributed by atoms with E-state index in [1.807, 2.05) is 0 Å². The molecule has 1 aliphatic carbocycles. The van der Waals surface area contributed by atoms with Gasteiger partial charge in [-0.2, -0.15) is 0 Å². The van der Waals surface area contributed by atoms with Crippen LogP contribution < -0.4 is 5.32 Å². The number of hydrogen-bond acceptors (Lipinski definition) is 1. The van der Waals surface area contributed by atoms with Crippen LogP contribution in [0, 0.1) is 0 Å². The third-order valence-corrected chi connectivity index (χ3v) is 12.4. The summed E-state index contributed by atoms with van der Waals surface area (Å²) in [7, 11) is 0. The smallest absolute Gasteiger partial charge is 0.0541 e. The average molecular weight is 755 g/mol. The van der Waals surface area contributed by atoms with Crippen molar-refractivity contribution in [2.75, 3.05) is 5.32 Å². The Morgan fingerprint density at radius 2 is 0.932 bits per heavy atom. The van der Waals surface area contributed by atoms with Crippen molar-refractivity contribution in [3.63, 3.8) is 0 Å². The quantitative estimate of drug-likeness (QED) is 0.171. The molecular formula is C57H42N2. The molecule has 0 saturated heterocycles. The summed E-state index contributed by atoms with van der Waals surface area (Å²) in [6, 6.07) is 77.4. The molecule has 1 heterocycles. The molecule has 1 aliphatic rings. The minimum Gasteiger partial charge on any atom is -0.355 e. The van der Waals surface area contributed by atoms with E-state index in [1.165, 1.54) is 88.6 Å². The van der Waals surface area contributed by atoms with Crippen LogP contribution in [0.4, 0.5) is 11.4 Å². The topological polar surface area (TPSA) is 17.0 Å². The number of fused-ring (bicyclic) bond motifs is 6. The van der Waals surface area contributed by atoms with Crippen molar-refractivity contribution in [2.45, 2.75) is 19.3 Å². The molecule has 0 radical (unpaired) electrons. The predicted molar refractivity (Wildman–Crippen MR) is 250 cm³/mol. The van der Waals surface area contributed by atoms with Gasteiger partial charge in [-0.1, -0.05) is 172 Å². The summed E-state index contributed by atoms with van der Waals surface area (Å²) in [5.74, 6) is 0. The number of rotatable bonds is 7. The Balaban J connectivity index is 1.06. The minimum atomic E-state index is -0.0970. The van der Waals surface area contributed by atoms with E-state index in [9.17, 15) is 0 Å². The van der Waals surface area contributed by atoms with E-state index in [4.69, 9.17) is 0 Å². The van der Waals surface area contributed by atoms with Crippen LogP contribution in [0.2, 0.25) is 0 Å². The van der Waals surface area contributed by atoms with Crippen molar-refractivity contribution in [1.29, 1.82) is 0 Å². The molecule has 0 atom stereocenters. The predicted octanol–water partition coefficient (Wildman–Crippen LogP) is 15.5. The first-order valence-electron chi connectivity index (χ1n) is 20.5. The molecule has 0 spiro atoms. The molecule has 0 saturated carbocycles. The van der Waals surface area contributed by atoms with Crippen LogP contribution >= 0.6 is 0 Å². The van der Waals surface area contributed by atoms with Crippen LogP contribution in [0.3, 0.4) is 0 Å². The molecule has 0 amide bonds. The number of para-hydroxylation sites is 1. The summed E-state index contributed by atoms with van der Waals surface area (Å²) < 4.78 is 2.41. The lowest BCUT2D eigenvalue weighted by molar-refractivity contribution is 0.660. The fourth-order valence-electron chi connectivity index (χ4n) is 9.45. The molecular weight excluding hydrogens is 713 g/mol. The summed E-state index contributed by atoms with van der Waals surface area (Å²) in [5, 5.41) is 6.33. The first-order valence-corrected chi connectivity index (χ1v) is 20.5. The maximum absolute atomic E-state index is 3.85. The van der Waals surface area contributed by atoms with Crippen molar-refractivity contribution in [1.82, 2.24) is 4.57 Å². The number of aromatic nitrogens is 1. The largest absolute Gasteiger partial charge is 0.355 e. The van der Waals surface area contributed by atoms with Crippen molar-refractivity contribution in [2.24, 2.45) is 0 Å². The molecule has 1 N–H and O–H groups in total. The Labute approximate surface area is 345 Å². The number of nitrogens with zero attached hydrogens (tertiary/aromatic N) is 1. The van der Waals surface area contributed by atoms with E-state index in [1.54, 1.807) is 0 Å². The molecule has 10 aromatic rings. The van der Waals surface area contributed by atoms with Crippen LogP contribution in [0.1, 0.15) is 25.0 Å². The molecule has 2 heteroatoms. The third kappa shape index (κ3) is 5.87. The molecule has 0 aliphatic heterocycles. The third-order valence-electron chi connectivity index (χ3n) is 12.4. The zero-order valence-electron chi connectivity index (χ0n) is 33.2. The van der Waals surface area contributed by atoms with Crippen molar-refractivity contribution >= 4 is 33.2 Å².